The molecule has 3 rings (SSSR count). The molecule has 2 aromatic rings. The third-order valence-corrected chi connectivity index (χ3v) is 4.46. The van der Waals surface area contributed by atoms with Crippen molar-refractivity contribution in [3.63, 3.8) is 0 Å². The van der Waals surface area contributed by atoms with Crippen LogP contribution in [0.4, 0.5) is 5.82 Å². The molecular formula is C17H21N7O. The second kappa shape index (κ2) is 7.40. The lowest BCUT2D eigenvalue weighted by molar-refractivity contribution is 0.179. The molecule has 8 heteroatoms. The summed E-state index contributed by atoms with van der Waals surface area (Å²) < 4.78 is 5.06. The van der Waals surface area contributed by atoms with E-state index in [1.165, 1.54) is 0 Å². The highest BCUT2D eigenvalue weighted by atomic mass is 16.5. The average molecular weight is 339 g/mol. The first-order chi connectivity index (χ1) is 12.1. The number of hydrogen-bond donors (Lipinski definition) is 0. The number of anilines is 1. The van der Waals surface area contributed by atoms with Crippen LogP contribution in [0.1, 0.15) is 23.9 Å². The molecule has 0 radical (unpaired) electrons. The van der Waals surface area contributed by atoms with E-state index in [2.05, 4.69) is 42.7 Å². The minimum absolute atomic E-state index is 0.309. The standard InChI is InChI=1S/C17H21N7O/c1-12-10-24(16-15(8-18)19-4-5-20-16)7-6-23(12)11-14-9-21-17(25-3)22-13(14)2/h4-5,9,12H,6-7,10-11H2,1-3H3. The lowest BCUT2D eigenvalue weighted by atomic mass is 10.1. The number of nitriles is 1. The van der Waals surface area contributed by atoms with Crippen LogP contribution < -0.4 is 9.64 Å². The van der Waals surface area contributed by atoms with E-state index >= 15 is 0 Å². The highest BCUT2D eigenvalue weighted by Crippen LogP contribution is 2.21. The third-order valence-electron chi connectivity index (χ3n) is 4.46. The molecule has 1 unspecified atom stereocenters. The first-order valence-electron chi connectivity index (χ1n) is 8.19. The Morgan fingerprint density at radius 1 is 1.28 bits per heavy atom. The van der Waals surface area contributed by atoms with E-state index in [1.807, 2.05) is 13.1 Å². The largest absolute Gasteiger partial charge is 0.467 e. The summed E-state index contributed by atoms with van der Waals surface area (Å²) in [6.45, 7) is 7.40. The van der Waals surface area contributed by atoms with Crippen molar-refractivity contribution in [2.75, 3.05) is 31.6 Å². The molecule has 1 aliphatic heterocycles. The summed E-state index contributed by atoms with van der Waals surface area (Å²) in [5.41, 5.74) is 2.41. The van der Waals surface area contributed by atoms with E-state index < -0.39 is 0 Å². The van der Waals surface area contributed by atoms with Crippen LogP contribution in [-0.2, 0) is 6.54 Å². The van der Waals surface area contributed by atoms with Crippen LogP contribution in [0, 0.1) is 18.3 Å². The van der Waals surface area contributed by atoms with Crippen molar-refractivity contribution in [2.45, 2.75) is 26.4 Å². The van der Waals surface area contributed by atoms with Gasteiger partial charge < -0.3 is 9.64 Å². The number of piperazine rings is 1. The minimum Gasteiger partial charge on any atom is -0.467 e. The summed E-state index contributed by atoms with van der Waals surface area (Å²) >= 11 is 0. The summed E-state index contributed by atoms with van der Waals surface area (Å²) in [5, 5.41) is 9.22. The quantitative estimate of drug-likeness (QED) is 0.820. The normalized spacial score (nSPS) is 18.0. The smallest absolute Gasteiger partial charge is 0.316 e. The molecule has 1 atom stereocenters. The van der Waals surface area contributed by atoms with Crippen LogP contribution >= 0.6 is 0 Å². The van der Waals surface area contributed by atoms with Crippen molar-refractivity contribution in [1.29, 1.82) is 5.26 Å². The Balaban J connectivity index is 1.69. The molecular weight excluding hydrogens is 318 g/mol. The van der Waals surface area contributed by atoms with Gasteiger partial charge in [-0.25, -0.2) is 19.9 Å². The second-order valence-corrected chi connectivity index (χ2v) is 6.07. The molecule has 1 saturated heterocycles. The van der Waals surface area contributed by atoms with Crippen LogP contribution in [-0.4, -0.2) is 57.6 Å². The van der Waals surface area contributed by atoms with Gasteiger partial charge in [0, 0.05) is 62.1 Å². The maximum atomic E-state index is 9.22. The molecule has 0 amide bonds. The second-order valence-electron chi connectivity index (χ2n) is 6.07. The first kappa shape index (κ1) is 17.0. The summed E-state index contributed by atoms with van der Waals surface area (Å²) in [5.74, 6) is 0.667. The van der Waals surface area contributed by atoms with E-state index in [0.29, 0.717) is 23.6 Å². The van der Waals surface area contributed by atoms with Gasteiger partial charge >= 0.3 is 6.01 Å². The van der Waals surface area contributed by atoms with Gasteiger partial charge in [0.2, 0.25) is 0 Å². The third kappa shape index (κ3) is 3.67. The number of methoxy groups -OCH3 is 1. The maximum absolute atomic E-state index is 9.22. The Morgan fingerprint density at radius 2 is 2.08 bits per heavy atom. The predicted molar refractivity (Wildman–Crippen MR) is 92.2 cm³/mol. The first-order valence-corrected chi connectivity index (χ1v) is 8.19. The van der Waals surface area contributed by atoms with Gasteiger partial charge in [0.25, 0.3) is 0 Å². The molecule has 0 spiro atoms. The van der Waals surface area contributed by atoms with Crippen LogP contribution in [0.2, 0.25) is 0 Å². The van der Waals surface area contributed by atoms with Crippen molar-refractivity contribution in [2.24, 2.45) is 0 Å². The Kier molecular flexibility index (Phi) is 5.05. The van der Waals surface area contributed by atoms with Gasteiger partial charge in [-0.15, -0.1) is 0 Å². The summed E-state index contributed by atoms with van der Waals surface area (Å²) in [4.78, 5) is 21.5. The number of nitrogens with zero attached hydrogens (tertiary/aromatic N) is 7. The number of rotatable bonds is 4. The van der Waals surface area contributed by atoms with E-state index in [1.54, 1.807) is 19.5 Å². The zero-order chi connectivity index (χ0) is 17.8. The van der Waals surface area contributed by atoms with E-state index in [9.17, 15) is 5.26 Å². The SMILES string of the molecule is COc1ncc(CN2CCN(c3nccnc3C#N)CC2C)c(C)n1. The van der Waals surface area contributed by atoms with Crippen LogP contribution in [0.3, 0.4) is 0 Å². The monoisotopic (exact) mass is 339 g/mol. The predicted octanol–water partition coefficient (Wildman–Crippen LogP) is 1.17. The Hall–Kier alpha value is -2.79. The molecule has 3 heterocycles. The van der Waals surface area contributed by atoms with Crippen LogP contribution in [0.15, 0.2) is 18.6 Å². The average Bonchev–Trinajstić information content (AvgIpc) is 2.64. The Morgan fingerprint density at radius 3 is 2.76 bits per heavy atom. The minimum atomic E-state index is 0.309. The molecule has 2 aromatic heterocycles. The molecule has 0 N–H and O–H groups in total. The maximum Gasteiger partial charge on any atom is 0.316 e. The highest BCUT2D eigenvalue weighted by Gasteiger charge is 2.26. The topological polar surface area (TPSA) is 91.1 Å². The van der Waals surface area contributed by atoms with Crippen molar-refractivity contribution >= 4 is 5.82 Å². The van der Waals surface area contributed by atoms with Crippen molar-refractivity contribution in [3.05, 3.63) is 35.5 Å². The number of hydrogen-bond acceptors (Lipinski definition) is 8. The van der Waals surface area contributed by atoms with Crippen molar-refractivity contribution < 1.29 is 4.74 Å². The molecule has 1 fully saturated rings. The molecule has 25 heavy (non-hydrogen) atoms. The molecule has 0 aliphatic carbocycles. The van der Waals surface area contributed by atoms with Gasteiger partial charge in [0.15, 0.2) is 11.5 Å². The van der Waals surface area contributed by atoms with Gasteiger partial charge in [-0.05, 0) is 13.8 Å². The number of aromatic nitrogens is 4. The zero-order valence-corrected chi connectivity index (χ0v) is 14.7. The lowest BCUT2D eigenvalue weighted by Gasteiger charge is -2.40. The molecule has 0 bridgehead atoms. The fourth-order valence-corrected chi connectivity index (χ4v) is 3.01. The van der Waals surface area contributed by atoms with Crippen LogP contribution in [0.5, 0.6) is 6.01 Å². The molecule has 0 aromatic carbocycles. The molecule has 1 aliphatic rings. The lowest BCUT2D eigenvalue weighted by Crippen LogP contribution is -2.52. The van der Waals surface area contributed by atoms with Gasteiger partial charge in [-0.3, -0.25) is 4.90 Å². The fraction of sp³-hybridized carbons (Fsp3) is 0.471. The molecule has 130 valence electrons. The Labute approximate surface area is 147 Å². The summed E-state index contributed by atoms with van der Waals surface area (Å²) in [7, 11) is 1.57. The summed E-state index contributed by atoms with van der Waals surface area (Å²) in [6, 6.07) is 2.82. The number of ether oxygens (including phenoxy) is 1. The van der Waals surface area contributed by atoms with E-state index in [-0.39, 0.29) is 0 Å². The van der Waals surface area contributed by atoms with Gasteiger partial charge in [0.05, 0.1) is 7.11 Å². The van der Waals surface area contributed by atoms with Crippen LogP contribution in [0.25, 0.3) is 0 Å². The highest BCUT2D eigenvalue weighted by molar-refractivity contribution is 5.50. The summed E-state index contributed by atoms with van der Waals surface area (Å²) in [6.07, 6.45) is 5.01. The van der Waals surface area contributed by atoms with E-state index in [4.69, 9.17) is 4.74 Å². The Bertz CT molecular complexity index is 789. The fourth-order valence-electron chi connectivity index (χ4n) is 3.01. The van der Waals surface area contributed by atoms with Crippen molar-refractivity contribution in [3.8, 4) is 12.1 Å². The molecule has 8 nitrogen and oxygen atoms in total. The zero-order valence-electron chi connectivity index (χ0n) is 14.7. The van der Waals surface area contributed by atoms with Gasteiger partial charge in [0.1, 0.15) is 6.07 Å². The molecule has 0 saturated carbocycles. The number of aryl methyl sites for hydroxylation is 1. The van der Waals surface area contributed by atoms with E-state index in [0.717, 1.165) is 37.4 Å². The van der Waals surface area contributed by atoms with Gasteiger partial charge in [-0.1, -0.05) is 0 Å². The van der Waals surface area contributed by atoms with Crippen molar-refractivity contribution in [1.82, 2.24) is 24.8 Å². The van der Waals surface area contributed by atoms with Gasteiger partial charge in [-0.2, -0.15) is 5.26 Å².